The Morgan fingerprint density at radius 1 is 1.04 bits per heavy atom. The molecule has 0 fully saturated rings. The van der Waals surface area contributed by atoms with E-state index < -0.39 is 0 Å². The molecule has 0 aliphatic rings. The van der Waals surface area contributed by atoms with Crippen molar-refractivity contribution in [3.8, 4) is 0 Å². The Labute approximate surface area is 141 Å². The molecule has 1 aromatic heterocycles. The summed E-state index contributed by atoms with van der Waals surface area (Å²) in [5.41, 5.74) is 2.63. The van der Waals surface area contributed by atoms with Crippen LogP contribution in [0.4, 0.5) is 17.1 Å². The summed E-state index contributed by atoms with van der Waals surface area (Å²) >= 11 is 0. The van der Waals surface area contributed by atoms with Crippen LogP contribution < -0.4 is 16.0 Å². The summed E-state index contributed by atoms with van der Waals surface area (Å²) in [6.45, 7) is 5.61. The van der Waals surface area contributed by atoms with Gasteiger partial charge in [0.05, 0.1) is 11.3 Å². The topological polar surface area (TPSA) is 83.1 Å². The standard InChI is InChI=1S/C18H22N4O2/c1-4-12(2)20-17-9-14(10-19-11-17)18(24)22-16-7-5-15(6-8-16)21-13(3)23/h5-12,20H,4H2,1-3H3,(H,21,23)(H,22,24). The van der Waals surface area contributed by atoms with Gasteiger partial charge in [0.1, 0.15) is 0 Å². The second-order valence-corrected chi connectivity index (χ2v) is 5.63. The van der Waals surface area contributed by atoms with Gasteiger partial charge in [0.25, 0.3) is 5.91 Å². The zero-order chi connectivity index (χ0) is 17.5. The number of carbonyl (C=O) groups is 2. The van der Waals surface area contributed by atoms with Crippen LogP contribution in [0.15, 0.2) is 42.7 Å². The first-order valence-electron chi connectivity index (χ1n) is 7.88. The Hall–Kier alpha value is -2.89. The van der Waals surface area contributed by atoms with Crippen LogP contribution in [0.1, 0.15) is 37.6 Å². The largest absolute Gasteiger partial charge is 0.381 e. The van der Waals surface area contributed by atoms with Gasteiger partial charge in [-0.3, -0.25) is 14.6 Å². The number of pyridine rings is 1. The van der Waals surface area contributed by atoms with Gasteiger partial charge in [-0.2, -0.15) is 0 Å². The van der Waals surface area contributed by atoms with E-state index in [1.54, 1.807) is 36.5 Å². The molecule has 0 radical (unpaired) electrons. The maximum Gasteiger partial charge on any atom is 0.257 e. The number of carbonyl (C=O) groups excluding carboxylic acids is 2. The number of aromatic nitrogens is 1. The zero-order valence-corrected chi connectivity index (χ0v) is 14.1. The Balaban J connectivity index is 2.04. The van der Waals surface area contributed by atoms with Crippen LogP contribution in [0.2, 0.25) is 0 Å². The lowest BCUT2D eigenvalue weighted by atomic mass is 10.2. The number of rotatable bonds is 6. The van der Waals surface area contributed by atoms with Crippen LogP contribution in [0.3, 0.4) is 0 Å². The fourth-order valence-electron chi connectivity index (χ4n) is 2.07. The van der Waals surface area contributed by atoms with Crippen LogP contribution >= 0.6 is 0 Å². The summed E-state index contributed by atoms with van der Waals surface area (Å²) in [6.07, 6.45) is 4.21. The number of anilines is 3. The molecule has 2 amide bonds. The van der Waals surface area contributed by atoms with E-state index in [0.29, 0.717) is 23.0 Å². The third-order valence-corrected chi connectivity index (χ3v) is 3.49. The maximum absolute atomic E-state index is 12.3. The molecular formula is C18H22N4O2. The molecular weight excluding hydrogens is 304 g/mol. The molecule has 1 aromatic carbocycles. The average molecular weight is 326 g/mol. The molecule has 2 rings (SSSR count). The van der Waals surface area contributed by atoms with E-state index in [4.69, 9.17) is 0 Å². The SMILES string of the molecule is CCC(C)Nc1cncc(C(=O)Nc2ccc(NC(C)=O)cc2)c1. The minimum Gasteiger partial charge on any atom is -0.381 e. The highest BCUT2D eigenvalue weighted by Gasteiger charge is 2.09. The predicted octanol–water partition coefficient (Wildman–Crippen LogP) is 3.50. The molecule has 0 aliphatic carbocycles. The second-order valence-electron chi connectivity index (χ2n) is 5.63. The van der Waals surface area contributed by atoms with Gasteiger partial charge in [-0.05, 0) is 43.7 Å². The Bertz CT molecular complexity index is 713. The highest BCUT2D eigenvalue weighted by molar-refractivity contribution is 6.04. The quantitative estimate of drug-likeness (QED) is 0.758. The third kappa shape index (κ3) is 5.08. The van der Waals surface area contributed by atoms with Gasteiger partial charge in [0, 0.05) is 36.7 Å². The van der Waals surface area contributed by atoms with Crippen molar-refractivity contribution in [2.45, 2.75) is 33.2 Å². The van der Waals surface area contributed by atoms with Crippen LogP contribution in [0, 0.1) is 0 Å². The van der Waals surface area contributed by atoms with Crippen molar-refractivity contribution in [1.82, 2.24) is 4.98 Å². The van der Waals surface area contributed by atoms with E-state index in [0.717, 1.165) is 12.1 Å². The number of benzene rings is 1. The molecule has 24 heavy (non-hydrogen) atoms. The van der Waals surface area contributed by atoms with Gasteiger partial charge in [-0.1, -0.05) is 6.92 Å². The van der Waals surface area contributed by atoms with E-state index in [9.17, 15) is 9.59 Å². The van der Waals surface area contributed by atoms with Crippen LogP contribution in [0.25, 0.3) is 0 Å². The molecule has 6 heteroatoms. The molecule has 0 aliphatic heterocycles. The van der Waals surface area contributed by atoms with E-state index in [1.165, 1.54) is 13.1 Å². The van der Waals surface area contributed by atoms with Gasteiger partial charge in [0.15, 0.2) is 0 Å². The Morgan fingerprint density at radius 2 is 1.67 bits per heavy atom. The molecule has 0 spiro atoms. The molecule has 0 bridgehead atoms. The molecule has 1 unspecified atom stereocenters. The van der Waals surface area contributed by atoms with Gasteiger partial charge < -0.3 is 16.0 Å². The number of hydrogen-bond acceptors (Lipinski definition) is 4. The molecule has 6 nitrogen and oxygen atoms in total. The summed E-state index contributed by atoms with van der Waals surface area (Å²) in [6, 6.07) is 9.02. The van der Waals surface area contributed by atoms with Gasteiger partial charge in [0.2, 0.25) is 5.91 Å². The molecule has 126 valence electrons. The van der Waals surface area contributed by atoms with Crippen molar-refractivity contribution in [3.05, 3.63) is 48.3 Å². The van der Waals surface area contributed by atoms with Crippen LogP contribution in [-0.4, -0.2) is 22.8 Å². The van der Waals surface area contributed by atoms with E-state index in [2.05, 4.69) is 34.8 Å². The lowest BCUT2D eigenvalue weighted by Crippen LogP contribution is -2.16. The first-order chi connectivity index (χ1) is 11.5. The van der Waals surface area contributed by atoms with Crippen molar-refractivity contribution >= 4 is 28.9 Å². The maximum atomic E-state index is 12.3. The zero-order valence-electron chi connectivity index (χ0n) is 14.1. The highest BCUT2D eigenvalue weighted by atomic mass is 16.2. The number of amides is 2. The highest BCUT2D eigenvalue weighted by Crippen LogP contribution is 2.16. The summed E-state index contributed by atoms with van der Waals surface area (Å²) in [4.78, 5) is 27.4. The Morgan fingerprint density at radius 3 is 2.25 bits per heavy atom. The monoisotopic (exact) mass is 326 g/mol. The minimum absolute atomic E-state index is 0.136. The van der Waals surface area contributed by atoms with Crippen molar-refractivity contribution in [3.63, 3.8) is 0 Å². The average Bonchev–Trinajstić information content (AvgIpc) is 2.56. The summed E-state index contributed by atoms with van der Waals surface area (Å²) in [7, 11) is 0. The molecule has 3 N–H and O–H groups in total. The Kier molecular flexibility index (Phi) is 5.89. The normalized spacial score (nSPS) is 11.5. The molecule has 2 aromatic rings. The lowest BCUT2D eigenvalue weighted by Gasteiger charge is -2.13. The summed E-state index contributed by atoms with van der Waals surface area (Å²) in [5.74, 6) is -0.369. The lowest BCUT2D eigenvalue weighted by molar-refractivity contribution is -0.114. The first kappa shape index (κ1) is 17.5. The molecule has 1 heterocycles. The third-order valence-electron chi connectivity index (χ3n) is 3.49. The van der Waals surface area contributed by atoms with E-state index in [-0.39, 0.29) is 11.8 Å². The van der Waals surface area contributed by atoms with Crippen LogP contribution in [-0.2, 0) is 4.79 Å². The van der Waals surface area contributed by atoms with E-state index in [1.807, 2.05) is 0 Å². The fraction of sp³-hybridized carbons (Fsp3) is 0.278. The summed E-state index contributed by atoms with van der Waals surface area (Å²) in [5, 5.41) is 8.79. The van der Waals surface area contributed by atoms with Crippen molar-refractivity contribution in [2.24, 2.45) is 0 Å². The van der Waals surface area contributed by atoms with Crippen molar-refractivity contribution in [2.75, 3.05) is 16.0 Å². The van der Waals surface area contributed by atoms with Crippen molar-refractivity contribution < 1.29 is 9.59 Å². The number of nitrogens with one attached hydrogen (secondary N) is 3. The molecule has 0 saturated carbocycles. The van der Waals surface area contributed by atoms with Crippen molar-refractivity contribution in [1.29, 1.82) is 0 Å². The van der Waals surface area contributed by atoms with Crippen LogP contribution in [0.5, 0.6) is 0 Å². The molecule has 0 saturated heterocycles. The van der Waals surface area contributed by atoms with Gasteiger partial charge in [-0.15, -0.1) is 0 Å². The number of hydrogen-bond donors (Lipinski definition) is 3. The van der Waals surface area contributed by atoms with Gasteiger partial charge in [-0.25, -0.2) is 0 Å². The smallest absolute Gasteiger partial charge is 0.257 e. The van der Waals surface area contributed by atoms with Gasteiger partial charge >= 0.3 is 0 Å². The minimum atomic E-state index is -0.234. The number of nitrogens with zero attached hydrogens (tertiary/aromatic N) is 1. The fourth-order valence-corrected chi connectivity index (χ4v) is 2.07. The first-order valence-corrected chi connectivity index (χ1v) is 7.88. The molecule has 1 atom stereocenters. The second kappa shape index (κ2) is 8.10. The predicted molar refractivity (Wildman–Crippen MR) is 96.3 cm³/mol. The summed E-state index contributed by atoms with van der Waals surface area (Å²) < 4.78 is 0. The van der Waals surface area contributed by atoms with E-state index >= 15 is 0 Å².